The quantitative estimate of drug-likeness (QED) is 0.529. The normalized spacial score (nSPS) is 13.8. The lowest BCUT2D eigenvalue weighted by atomic mass is 10.2. The first-order valence-corrected chi connectivity index (χ1v) is 7.65. The van der Waals surface area contributed by atoms with Crippen LogP contribution >= 0.6 is 0 Å². The first kappa shape index (κ1) is 17.1. The summed E-state index contributed by atoms with van der Waals surface area (Å²) in [4.78, 5) is 22.4. The lowest BCUT2D eigenvalue weighted by Crippen LogP contribution is -2.30. The highest BCUT2D eigenvalue weighted by Gasteiger charge is 2.24. The number of aliphatic hydroxyl groups excluding tert-OH is 1. The average Bonchev–Trinajstić information content (AvgIpc) is 3.03. The molecule has 3 rings (SSSR count). The number of aliphatic hydroxyl groups is 1. The first-order chi connectivity index (χ1) is 12.1. The van der Waals surface area contributed by atoms with Crippen LogP contribution in [0.5, 0.6) is 0 Å². The Balaban J connectivity index is 1.85. The molecule has 3 aromatic rings. The molecule has 0 aliphatic carbocycles. The summed E-state index contributed by atoms with van der Waals surface area (Å²) in [5.74, 6) is -0.0323. The molecule has 2 aromatic heterocycles. The molecule has 0 bridgehead atoms. The van der Waals surface area contributed by atoms with Crippen molar-refractivity contribution < 1.29 is 14.6 Å². The van der Waals surface area contributed by atoms with Crippen molar-refractivity contribution in [2.24, 2.45) is 0 Å². The van der Waals surface area contributed by atoms with Gasteiger partial charge in [0.05, 0.1) is 19.5 Å². The zero-order chi connectivity index (χ0) is 17.8. The van der Waals surface area contributed by atoms with E-state index in [9.17, 15) is 9.90 Å². The largest absolute Gasteiger partial charge is 0.374 e. The van der Waals surface area contributed by atoms with E-state index in [2.05, 4.69) is 15.0 Å². The first-order valence-electron chi connectivity index (χ1n) is 7.65. The number of hydrogen-bond donors (Lipinski definition) is 3. The van der Waals surface area contributed by atoms with Crippen LogP contribution < -0.4 is 11.3 Å². The number of anilines is 1. The summed E-state index contributed by atoms with van der Waals surface area (Å²) in [5, 5.41) is 10.2. The Bertz CT molecular complexity index is 892. The fourth-order valence-corrected chi connectivity index (χ4v) is 2.51. The van der Waals surface area contributed by atoms with Crippen LogP contribution in [0.3, 0.4) is 0 Å². The van der Waals surface area contributed by atoms with Crippen molar-refractivity contribution in [2.45, 2.75) is 18.9 Å². The summed E-state index contributed by atoms with van der Waals surface area (Å²) < 4.78 is 12.3. The average molecular weight is 345 g/mol. The molecule has 0 spiro atoms. The SMILES string of the molecule is CO[C@H](O)C(COCc1ccccc1)n1cnc2c(=O)[nH]c(N)nc21. The number of rotatable bonds is 7. The minimum absolute atomic E-state index is 0.0323. The van der Waals surface area contributed by atoms with Crippen molar-refractivity contribution in [1.82, 2.24) is 19.5 Å². The van der Waals surface area contributed by atoms with E-state index in [1.54, 1.807) is 0 Å². The molecule has 0 amide bonds. The van der Waals surface area contributed by atoms with Gasteiger partial charge in [-0.1, -0.05) is 30.3 Å². The third-order valence-corrected chi connectivity index (χ3v) is 3.78. The Morgan fingerprint density at radius 1 is 1.36 bits per heavy atom. The number of nitrogens with zero attached hydrogens (tertiary/aromatic N) is 3. The molecule has 25 heavy (non-hydrogen) atoms. The maximum atomic E-state index is 11.9. The zero-order valence-corrected chi connectivity index (χ0v) is 13.6. The third kappa shape index (κ3) is 3.68. The van der Waals surface area contributed by atoms with Crippen LogP contribution in [0, 0.1) is 0 Å². The van der Waals surface area contributed by atoms with Crippen molar-refractivity contribution >= 4 is 17.1 Å². The van der Waals surface area contributed by atoms with E-state index in [1.165, 1.54) is 18.0 Å². The molecule has 0 saturated carbocycles. The van der Waals surface area contributed by atoms with E-state index < -0.39 is 17.9 Å². The third-order valence-electron chi connectivity index (χ3n) is 3.78. The standard InChI is InChI=1S/C16H19N5O4/c1-24-15(23)11(8-25-7-10-5-3-2-4-6-10)21-9-18-12-13(21)19-16(17)20-14(12)22/h2-6,9,11,15,23H,7-8H2,1H3,(H3,17,19,20,22)/t11?,15-/m0/s1. The Hall–Kier alpha value is -2.75. The maximum absolute atomic E-state index is 11.9. The van der Waals surface area contributed by atoms with Crippen LogP contribution in [-0.2, 0) is 16.1 Å². The van der Waals surface area contributed by atoms with Crippen LogP contribution in [0.1, 0.15) is 11.6 Å². The van der Waals surface area contributed by atoms with Crippen molar-refractivity contribution in [3.8, 4) is 0 Å². The summed E-state index contributed by atoms with van der Waals surface area (Å²) >= 11 is 0. The molecule has 0 aliphatic rings. The molecule has 0 radical (unpaired) electrons. The topological polar surface area (TPSA) is 128 Å². The number of nitrogens with two attached hydrogens (primary N) is 1. The fraction of sp³-hybridized carbons (Fsp3) is 0.312. The Labute approximate surface area is 143 Å². The Kier molecular flexibility index (Phi) is 5.08. The summed E-state index contributed by atoms with van der Waals surface area (Å²) in [6, 6.07) is 9.00. The highest BCUT2D eigenvalue weighted by molar-refractivity contribution is 5.70. The van der Waals surface area contributed by atoms with Gasteiger partial charge in [0.2, 0.25) is 5.95 Å². The molecule has 9 heteroatoms. The number of methoxy groups -OCH3 is 1. The fourth-order valence-electron chi connectivity index (χ4n) is 2.51. The second-order valence-electron chi connectivity index (χ2n) is 5.47. The monoisotopic (exact) mass is 345 g/mol. The number of aromatic nitrogens is 4. The smallest absolute Gasteiger partial charge is 0.280 e. The summed E-state index contributed by atoms with van der Waals surface area (Å²) in [6.45, 7) is 0.500. The minimum atomic E-state index is -1.17. The van der Waals surface area contributed by atoms with Gasteiger partial charge in [-0.05, 0) is 5.56 Å². The summed E-state index contributed by atoms with van der Waals surface area (Å²) in [6.07, 6.45) is 0.237. The number of hydrogen-bond acceptors (Lipinski definition) is 7. The van der Waals surface area contributed by atoms with E-state index in [-0.39, 0.29) is 23.7 Å². The van der Waals surface area contributed by atoms with Gasteiger partial charge in [0.1, 0.15) is 6.04 Å². The number of benzene rings is 1. The number of fused-ring (bicyclic) bond motifs is 1. The number of aromatic amines is 1. The molecule has 2 atom stereocenters. The molecule has 132 valence electrons. The van der Waals surface area contributed by atoms with Gasteiger partial charge < -0.3 is 24.9 Å². The number of imidazole rings is 1. The van der Waals surface area contributed by atoms with Gasteiger partial charge in [-0.3, -0.25) is 9.78 Å². The molecule has 2 heterocycles. The Morgan fingerprint density at radius 3 is 2.84 bits per heavy atom. The van der Waals surface area contributed by atoms with Gasteiger partial charge in [-0.2, -0.15) is 4.98 Å². The second-order valence-corrected chi connectivity index (χ2v) is 5.47. The molecule has 0 saturated heterocycles. The number of H-pyrrole nitrogens is 1. The number of nitrogens with one attached hydrogen (secondary N) is 1. The van der Waals surface area contributed by atoms with E-state index in [1.807, 2.05) is 30.3 Å². The van der Waals surface area contributed by atoms with Gasteiger partial charge in [0.15, 0.2) is 17.5 Å². The van der Waals surface area contributed by atoms with E-state index >= 15 is 0 Å². The zero-order valence-electron chi connectivity index (χ0n) is 13.6. The van der Waals surface area contributed by atoms with E-state index in [0.29, 0.717) is 6.61 Å². The van der Waals surface area contributed by atoms with Gasteiger partial charge >= 0.3 is 0 Å². The molecular weight excluding hydrogens is 326 g/mol. The van der Waals surface area contributed by atoms with Gasteiger partial charge in [-0.25, -0.2) is 4.98 Å². The highest BCUT2D eigenvalue weighted by atomic mass is 16.6. The van der Waals surface area contributed by atoms with Crippen molar-refractivity contribution in [3.05, 3.63) is 52.6 Å². The molecule has 9 nitrogen and oxygen atoms in total. The van der Waals surface area contributed by atoms with Crippen LogP contribution in [0.25, 0.3) is 11.2 Å². The maximum Gasteiger partial charge on any atom is 0.280 e. The van der Waals surface area contributed by atoms with Crippen molar-refractivity contribution in [1.29, 1.82) is 0 Å². The Morgan fingerprint density at radius 2 is 2.12 bits per heavy atom. The second kappa shape index (κ2) is 7.43. The van der Waals surface area contributed by atoms with Crippen LogP contribution in [0.15, 0.2) is 41.5 Å². The predicted octanol–water partition coefficient (Wildman–Crippen LogP) is 0.425. The van der Waals surface area contributed by atoms with Crippen LogP contribution in [-0.4, -0.2) is 44.6 Å². The minimum Gasteiger partial charge on any atom is -0.374 e. The molecule has 1 unspecified atom stereocenters. The summed E-state index contributed by atoms with van der Waals surface area (Å²) in [7, 11) is 1.38. The lowest BCUT2D eigenvalue weighted by Gasteiger charge is -2.23. The molecule has 0 aliphatic heterocycles. The van der Waals surface area contributed by atoms with Crippen molar-refractivity contribution in [3.63, 3.8) is 0 Å². The summed E-state index contributed by atoms with van der Waals surface area (Å²) in [5.41, 5.74) is 6.55. The number of ether oxygens (including phenoxy) is 2. The van der Waals surface area contributed by atoms with Gasteiger partial charge in [-0.15, -0.1) is 0 Å². The van der Waals surface area contributed by atoms with Crippen LogP contribution in [0.4, 0.5) is 5.95 Å². The van der Waals surface area contributed by atoms with Gasteiger partial charge in [0.25, 0.3) is 5.56 Å². The molecule has 1 aromatic carbocycles. The van der Waals surface area contributed by atoms with Crippen molar-refractivity contribution in [2.75, 3.05) is 19.5 Å². The predicted molar refractivity (Wildman–Crippen MR) is 90.7 cm³/mol. The highest BCUT2D eigenvalue weighted by Crippen LogP contribution is 2.19. The molecule has 4 N–H and O–H groups in total. The number of nitrogen functional groups attached to an aromatic ring is 1. The van der Waals surface area contributed by atoms with E-state index in [4.69, 9.17) is 15.2 Å². The van der Waals surface area contributed by atoms with Gasteiger partial charge in [0, 0.05) is 7.11 Å². The molecule has 0 fully saturated rings. The molecular formula is C16H19N5O4. The van der Waals surface area contributed by atoms with Crippen LogP contribution in [0.2, 0.25) is 0 Å². The lowest BCUT2D eigenvalue weighted by molar-refractivity contribution is -0.123. The van der Waals surface area contributed by atoms with E-state index in [0.717, 1.165) is 5.56 Å².